The van der Waals surface area contributed by atoms with Gasteiger partial charge in [-0.25, -0.2) is 0 Å². The molecule has 0 aromatic heterocycles. The van der Waals surface area contributed by atoms with Crippen LogP contribution in [-0.2, 0) is 13.0 Å². The highest BCUT2D eigenvalue weighted by molar-refractivity contribution is 7.80. The lowest BCUT2D eigenvalue weighted by molar-refractivity contribution is 0.303. The van der Waals surface area contributed by atoms with Gasteiger partial charge < -0.3 is 10.5 Å². The zero-order valence-electron chi connectivity index (χ0n) is 10.9. The molecule has 0 heterocycles. The molecule has 0 amide bonds. The average molecular weight is 271 g/mol. The van der Waals surface area contributed by atoms with Crippen molar-refractivity contribution in [1.29, 1.82) is 0 Å². The highest BCUT2D eigenvalue weighted by Gasteiger charge is 2.02. The smallest absolute Gasteiger partial charge is 0.122 e. The number of aryl methyl sites for hydroxylation is 1. The second kappa shape index (κ2) is 6.34. The standard InChI is InChI=1S/C16H17NOS/c1-2-13-7-3-4-9-15(13)18-11-12-6-5-8-14(10-12)16(17)19/h3-10H,2,11H2,1H3,(H2,17,19). The second-order valence-electron chi connectivity index (χ2n) is 4.31. The summed E-state index contributed by atoms with van der Waals surface area (Å²) in [6.45, 7) is 2.64. The predicted molar refractivity (Wildman–Crippen MR) is 82.5 cm³/mol. The largest absolute Gasteiger partial charge is 0.489 e. The lowest BCUT2D eigenvalue weighted by atomic mass is 10.1. The average Bonchev–Trinajstić information content (AvgIpc) is 2.45. The van der Waals surface area contributed by atoms with Gasteiger partial charge in [0.05, 0.1) is 0 Å². The summed E-state index contributed by atoms with van der Waals surface area (Å²) < 4.78 is 5.86. The van der Waals surface area contributed by atoms with Crippen molar-refractivity contribution in [2.75, 3.05) is 0 Å². The number of nitrogens with two attached hydrogens (primary N) is 1. The molecule has 0 bridgehead atoms. The first-order valence-corrected chi connectivity index (χ1v) is 6.71. The van der Waals surface area contributed by atoms with Gasteiger partial charge in [-0.1, -0.05) is 55.5 Å². The van der Waals surface area contributed by atoms with Crippen molar-refractivity contribution in [3.05, 3.63) is 65.2 Å². The molecular weight excluding hydrogens is 254 g/mol. The Hall–Kier alpha value is -1.87. The Kier molecular flexibility index (Phi) is 4.53. The van der Waals surface area contributed by atoms with Gasteiger partial charge in [-0.3, -0.25) is 0 Å². The number of benzene rings is 2. The van der Waals surface area contributed by atoms with E-state index in [1.165, 1.54) is 5.56 Å². The lowest BCUT2D eigenvalue weighted by Gasteiger charge is -2.10. The highest BCUT2D eigenvalue weighted by atomic mass is 32.1. The summed E-state index contributed by atoms with van der Waals surface area (Å²) in [5.41, 5.74) is 8.78. The van der Waals surface area contributed by atoms with Crippen molar-refractivity contribution in [3.8, 4) is 5.75 Å². The molecule has 19 heavy (non-hydrogen) atoms. The molecule has 2 rings (SSSR count). The molecule has 0 unspecified atom stereocenters. The summed E-state index contributed by atoms with van der Waals surface area (Å²) in [5, 5.41) is 0. The van der Waals surface area contributed by atoms with Crippen molar-refractivity contribution in [2.24, 2.45) is 5.73 Å². The minimum Gasteiger partial charge on any atom is -0.489 e. The van der Waals surface area contributed by atoms with Crippen LogP contribution < -0.4 is 10.5 Å². The van der Waals surface area contributed by atoms with E-state index in [-0.39, 0.29) is 0 Å². The van der Waals surface area contributed by atoms with Crippen LogP contribution in [0.5, 0.6) is 5.75 Å². The Bertz CT molecular complexity index is 580. The van der Waals surface area contributed by atoms with Gasteiger partial charge in [0, 0.05) is 5.56 Å². The van der Waals surface area contributed by atoms with Crippen LogP contribution in [0.4, 0.5) is 0 Å². The molecule has 0 aliphatic rings. The first kappa shape index (κ1) is 13.6. The fraction of sp³-hybridized carbons (Fsp3) is 0.188. The van der Waals surface area contributed by atoms with E-state index >= 15 is 0 Å². The zero-order chi connectivity index (χ0) is 13.7. The van der Waals surface area contributed by atoms with Crippen LogP contribution in [0.25, 0.3) is 0 Å². The maximum absolute atomic E-state index is 5.86. The summed E-state index contributed by atoms with van der Waals surface area (Å²) in [6.07, 6.45) is 0.961. The summed E-state index contributed by atoms with van der Waals surface area (Å²) in [4.78, 5) is 0.413. The van der Waals surface area contributed by atoms with Crippen LogP contribution >= 0.6 is 12.2 Å². The Labute approximate surface area is 119 Å². The fourth-order valence-electron chi connectivity index (χ4n) is 1.91. The van der Waals surface area contributed by atoms with Gasteiger partial charge in [-0.05, 0) is 29.7 Å². The van der Waals surface area contributed by atoms with Crippen LogP contribution in [-0.4, -0.2) is 4.99 Å². The van der Waals surface area contributed by atoms with Gasteiger partial charge in [0.25, 0.3) is 0 Å². The summed E-state index contributed by atoms with van der Waals surface area (Å²) in [7, 11) is 0. The number of hydrogen-bond acceptors (Lipinski definition) is 2. The molecule has 0 fully saturated rings. The van der Waals surface area contributed by atoms with Crippen molar-refractivity contribution in [2.45, 2.75) is 20.0 Å². The first-order valence-electron chi connectivity index (χ1n) is 6.30. The number of para-hydroxylation sites is 1. The third-order valence-electron chi connectivity index (χ3n) is 2.96. The molecule has 2 nitrogen and oxygen atoms in total. The van der Waals surface area contributed by atoms with E-state index in [2.05, 4.69) is 13.0 Å². The van der Waals surface area contributed by atoms with Gasteiger partial charge in [0.1, 0.15) is 17.3 Å². The van der Waals surface area contributed by atoms with E-state index in [0.29, 0.717) is 11.6 Å². The van der Waals surface area contributed by atoms with E-state index in [0.717, 1.165) is 23.3 Å². The Balaban J connectivity index is 2.10. The van der Waals surface area contributed by atoms with Crippen molar-refractivity contribution in [1.82, 2.24) is 0 Å². The molecular formula is C16H17NOS. The molecule has 2 aromatic rings. The summed E-state index contributed by atoms with van der Waals surface area (Å²) in [6, 6.07) is 15.9. The van der Waals surface area contributed by atoms with Gasteiger partial charge in [-0.2, -0.15) is 0 Å². The number of ether oxygens (including phenoxy) is 1. The van der Waals surface area contributed by atoms with Gasteiger partial charge in [0.15, 0.2) is 0 Å². The normalized spacial score (nSPS) is 10.2. The Morgan fingerprint density at radius 1 is 1.16 bits per heavy atom. The van der Waals surface area contributed by atoms with Crippen LogP contribution in [0.3, 0.4) is 0 Å². The minimum atomic E-state index is 0.413. The molecule has 0 saturated carbocycles. The summed E-state index contributed by atoms with van der Waals surface area (Å²) >= 11 is 4.98. The lowest BCUT2D eigenvalue weighted by Crippen LogP contribution is -2.09. The monoisotopic (exact) mass is 271 g/mol. The first-order chi connectivity index (χ1) is 9.20. The quantitative estimate of drug-likeness (QED) is 0.846. The fourth-order valence-corrected chi connectivity index (χ4v) is 2.04. The number of thiocarbonyl (C=S) groups is 1. The van der Waals surface area contributed by atoms with E-state index in [1.807, 2.05) is 42.5 Å². The zero-order valence-corrected chi connectivity index (χ0v) is 11.7. The molecule has 0 saturated heterocycles. The van der Waals surface area contributed by atoms with Crippen molar-refractivity contribution >= 4 is 17.2 Å². The van der Waals surface area contributed by atoms with E-state index < -0.39 is 0 Å². The van der Waals surface area contributed by atoms with E-state index in [4.69, 9.17) is 22.7 Å². The molecule has 98 valence electrons. The maximum Gasteiger partial charge on any atom is 0.122 e. The predicted octanol–water partition coefficient (Wildman–Crippen LogP) is 3.46. The molecule has 2 aromatic carbocycles. The molecule has 0 radical (unpaired) electrons. The number of hydrogen-bond donors (Lipinski definition) is 1. The Morgan fingerprint density at radius 2 is 1.95 bits per heavy atom. The SMILES string of the molecule is CCc1ccccc1OCc1cccc(C(N)=S)c1. The van der Waals surface area contributed by atoms with Crippen LogP contribution in [0.2, 0.25) is 0 Å². The van der Waals surface area contributed by atoms with E-state index in [9.17, 15) is 0 Å². The molecule has 3 heteroatoms. The number of rotatable bonds is 5. The van der Waals surface area contributed by atoms with Crippen LogP contribution in [0, 0.1) is 0 Å². The van der Waals surface area contributed by atoms with Crippen LogP contribution in [0.1, 0.15) is 23.6 Å². The van der Waals surface area contributed by atoms with Gasteiger partial charge in [-0.15, -0.1) is 0 Å². The molecule has 0 aliphatic carbocycles. The summed E-state index contributed by atoms with van der Waals surface area (Å²) in [5.74, 6) is 0.936. The maximum atomic E-state index is 5.86. The topological polar surface area (TPSA) is 35.2 Å². The van der Waals surface area contributed by atoms with Crippen LogP contribution in [0.15, 0.2) is 48.5 Å². The van der Waals surface area contributed by atoms with E-state index in [1.54, 1.807) is 0 Å². The third kappa shape index (κ3) is 3.55. The molecule has 0 spiro atoms. The van der Waals surface area contributed by atoms with Gasteiger partial charge in [0.2, 0.25) is 0 Å². The third-order valence-corrected chi connectivity index (χ3v) is 3.20. The molecule has 2 N–H and O–H groups in total. The highest BCUT2D eigenvalue weighted by Crippen LogP contribution is 2.19. The van der Waals surface area contributed by atoms with Crippen molar-refractivity contribution in [3.63, 3.8) is 0 Å². The minimum absolute atomic E-state index is 0.413. The Morgan fingerprint density at radius 3 is 2.68 bits per heavy atom. The molecule has 0 atom stereocenters. The van der Waals surface area contributed by atoms with Crippen molar-refractivity contribution < 1.29 is 4.74 Å². The van der Waals surface area contributed by atoms with Gasteiger partial charge >= 0.3 is 0 Å². The second-order valence-corrected chi connectivity index (χ2v) is 4.75. The molecule has 0 aliphatic heterocycles.